The first-order valence-corrected chi connectivity index (χ1v) is 4.53. The summed E-state index contributed by atoms with van der Waals surface area (Å²) in [5, 5.41) is 0. The van der Waals surface area contributed by atoms with E-state index in [9.17, 15) is 4.79 Å². The third-order valence-corrected chi connectivity index (χ3v) is 2.97. The Morgan fingerprint density at radius 3 is 3.15 bits per heavy atom. The average molecular weight is 177 g/mol. The number of carbonyl (C=O) groups is 1. The highest BCUT2D eigenvalue weighted by molar-refractivity contribution is 5.86. The molecule has 13 heavy (non-hydrogen) atoms. The Hall–Kier alpha value is -1.13. The van der Waals surface area contributed by atoms with Crippen LogP contribution in [0.3, 0.4) is 0 Å². The van der Waals surface area contributed by atoms with Crippen molar-refractivity contribution >= 4 is 5.91 Å². The quantitative estimate of drug-likeness (QED) is 0.498. The number of hydrazine groups is 1. The van der Waals surface area contributed by atoms with Gasteiger partial charge in [0, 0.05) is 6.04 Å². The highest BCUT2D eigenvalue weighted by atomic mass is 16.1. The van der Waals surface area contributed by atoms with Crippen molar-refractivity contribution < 1.29 is 4.79 Å². The van der Waals surface area contributed by atoms with Gasteiger partial charge in [-0.1, -0.05) is 6.08 Å². The Labute approximate surface area is 75.8 Å². The van der Waals surface area contributed by atoms with Gasteiger partial charge in [0.25, 0.3) is 0 Å². The SMILES string of the molecule is NC(=O)C1NNC2CCC3=CC3=C21. The minimum Gasteiger partial charge on any atom is -0.368 e. The van der Waals surface area contributed by atoms with E-state index < -0.39 is 0 Å². The summed E-state index contributed by atoms with van der Waals surface area (Å²) in [6.45, 7) is 0. The molecule has 0 radical (unpaired) electrons. The molecule has 1 heterocycles. The van der Waals surface area contributed by atoms with Crippen molar-refractivity contribution in [2.24, 2.45) is 5.73 Å². The van der Waals surface area contributed by atoms with E-state index in [-0.39, 0.29) is 11.9 Å². The predicted molar refractivity (Wildman–Crippen MR) is 47.4 cm³/mol. The Morgan fingerprint density at radius 1 is 1.54 bits per heavy atom. The van der Waals surface area contributed by atoms with Crippen LogP contribution in [0.1, 0.15) is 12.8 Å². The molecule has 4 nitrogen and oxygen atoms in total. The van der Waals surface area contributed by atoms with Gasteiger partial charge in [-0.15, -0.1) is 0 Å². The fourth-order valence-corrected chi connectivity index (χ4v) is 2.25. The highest BCUT2D eigenvalue weighted by Crippen LogP contribution is 2.43. The Bertz CT molecular complexity index is 356. The lowest BCUT2D eigenvalue weighted by atomic mass is 9.91. The number of hydrogen-bond acceptors (Lipinski definition) is 3. The fourth-order valence-electron chi connectivity index (χ4n) is 2.25. The van der Waals surface area contributed by atoms with E-state index >= 15 is 0 Å². The lowest BCUT2D eigenvalue weighted by Crippen LogP contribution is -2.41. The average Bonchev–Trinajstić information content (AvgIpc) is 2.76. The van der Waals surface area contributed by atoms with Gasteiger partial charge >= 0.3 is 0 Å². The van der Waals surface area contributed by atoms with Crippen LogP contribution < -0.4 is 16.6 Å². The van der Waals surface area contributed by atoms with Gasteiger partial charge < -0.3 is 5.73 Å². The van der Waals surface area contributed by atoms with Crippen molar-refractivity contribution in [3.05, 3.63) is 22.8 Å². The monoisotopic (exact) mass is 177 g/mol. The molecule has 0 bridgehead atoms. The summed E-state index contributed by atoms with van der Waals surface area (Å²) < 4.78 is 0. The summed E-state index contributed by atoms with van der Waals surface area (Å²) in [6, 6.07) is 0.0176. The summed E-state index contributed by atoms with van der Waals surface area (Å²) in [5.74, 6) is -0.293. The second kappa shape index (κ2) is 2.21. The van der Waals surface area contributed by atoms with Gasteiger partial charge in [0.05, 0.1) is 0 Å². The number of hydrogen-bond donors (Lipinski definition) is 3. The van der Waals surface area contributed by atoms with Gasteiger partial charge in [-0.2, -0.15) is 0 Å². The largest absolute Gasteiger partial charge is 0.368 e. The zero-order valence-corrected chi connectivity index (χ0v) is 7.13. The normalized spacial score (nSPS) is 35.2. The molecule has 1 aliphatic heterocycles. The van der Waals surface area contributed by atoms with Crippen molar-refractivity contribution in [2.75, 3.05) is 0 Å². The number of primary amides is 1. The smallest absolute Gasteiger partial charge is 0.240 e. The summed E-state index contributed by atoms with van der Waals surface area (Å²) in [4.78, 5) is 11.1. The number of amides is 1. The Balaban J connectivity index is 2.00. The molecule has 1 fully saturated rings. The van der Waals surface area contributed by atoms with E-state index in [1.54, 1.807) is 0 Å². The van der Waals surface area contributed by atoms with Crippen LogP contribution >= 0.6 is 0 Å². The number of carbonyl (C=O) groups excluding carboxylic acids is 1. The summed E-state index contributed by atoms with van der Waals surface area (Å²) in [6.07, 6.45) is 4.35. The molecule has 0 saturated carbocycles. The third-order valence-electron chi connectivity index (χ3n) is 2.97. The maximum Gasteiger partial charge on any atom is 0.240 e. The van der Waals surface area contributed by atoms with E-state index in [2.05, 4.69) is 16.9 Å². The van der Waals surface area contributed by atoms with Crippen LogP contribution in [0.5, 0.6) is 0 Å². The molecule has 0 aromatic carbocycles. The van der Waals surface area contributed by atoms with Gasteiger partial charge in [0.1, 0.15) is 6.04 Å². The van der Waals surface area contributed by atoms with Gasteiger partial charge in [-0.05, 0) is 29.6 Å². The van der Waals surface area contributed by atoms with Crippen LogP contribution in [-0.2, 0) is 4.79 Å². The Morgan fingerprint density at radius 2 is 2.38 bits per heavy atom. The molecule has 3 aliphatic rings. The second-order valence-electron chi connectivity index (χ2n) is 3.75. The fraction of sp³-hybridized carbons (Fsp3) is 0.444. The number of nitrogens with two attached hydrogens (primary N) is 1. The van der Waals surface area contributed by atoms with Gasteiger partial charge in [-0.25, -0.2) is 10.9 Å². The van der Waals surface area contributed by atoms with Crippen molar-refractivity contribution in [2.45, 2.75) is 24.9 Å². The van der Waals surface area contributed by atoms with Crippen LogP contribution in [-0.4, -0.2) is 18.0 Å². The predicted octanol–water partition coefficient (Wildman–Crippen LogP) is -0.653. The minimum absolute atomic E-state index is 0.293. The number of rotatable bonds is 1. The molecular formula is C9H11N3O. The topological polar surface area (TPSA) is 67.2 Å². The van der Waals surface area contributed by atoms with E-state index in [4.69, 9.17) is 5.73 Å². The van der Waals surface area contributed by atoms with Crippen LogP contribution in [0.4, 0.5) is 0 Å². The lowest BCUT2D eigenvalue weighted by molar-refractivity contribution is -0.119. The first-order chi connectivity index (χ1) is 6.27. The third kappa shape index (κ3) is 0.897. The molecule has 2 aliphatic carbocycles. The lowest BCUT2D eigenvalue weighted by Gasteiger charge is -2.16. The molecule has 4 N–H and O–H groups in total. The van der Waals surface area contributed by atoms with Crippen LogP contribution in [0.25, 0.3) is 0 Å². The molecule has 3 rings (SSSR count). The van der Waals surface area contributed by atoms with Crippen LogP contribution in [0.2, 0.25) is 0 Å². The second-order valence-corrected chi connectivity index (χ2v) is 3.75. The molecular weight excluding hydrogens is 166 g/mol. The standard InChI is InChI=1S/C9H11N3O/c10-9(13)8-7-5-3-4(5)1-2-6(7)11-12-8/h3,6,8,11-12H,1-2H2,(H2,10,13). The van der Waals surface area contributed by atoms with E-state index in [1.165, 1.54) is 11.1 Å². The molecule has 4 heteroatoms. The van der Waals surface area contributed by atoms with E-state index in [0.29, 0.717) is 6.04 Å². The Kier molecular flexibility index (Phi) is 1.24. The molecule has 2 atom stereocenters. The zero-order valence-electron chi connectivity index (χ0n) is 7.13. The summed E-state index contributed by atoms with van der Waals surface area (Å²) >= 11 is 0. The van der Waals surface area contributed by atoms with Crippen molar-refractivity contribution in [1.29, 1.82) is 0 Å². The maximum absolute atomic E-state index is 11.1. The van der Waals surface area contributed by atoms with Gasteiger partial charge in [-0.3, -0.25) is 4.79 Å². The summed E-state index contributed by atoms with van der Waals surface area (Å²) in [5.41, 5.74) is 15.2. The van der Waals surface area contributed by atoms with E-state index in [0.717, 1.165) is 18.4 Å². The van der Waals surface area contributed by atoms with Crippen molar-refractivity contribution in [3.8, 4) is 0 Å². The first-order valence-electron chi connectivity index (χ1n) is 4.53. The maximum atomic E-state index is 11.1. The zero-order chi connectivity index (χ0) is 9.00. The molecule has 0 aromatic rings. The molecule has 1 saturated heterocycles. The molecule has 0 aromatic heterocycles. The first kappa shape index (κ1) is 7.29. The van der Waals surface area contributed by atoms with E-state index in [1.807, 2.05) is 0 Å². The van der Waals surface area contributed by atoms with Gasteiger partial charge in [0.15, 0.2) is 0 Å². The minimum atomic E-state index is -0.297. The summed E-state index contributed by atoms with van der Waals surface area (Å²) in [7, 11) is 0. The number of nitrogens with one attached hydrogen (secondary N) is 2. The molecule has 1 amide bonds. The number of fused-ring (bicyclic) bond motifs is 2. The number of allylic oxidation sites excluding steroid dienone is 3. The van der Waals surface area contributed by atoms with Crippen LogP contribution in [0, 0.1) is 0 Å². The van der Waals surface area contributed by atoms with Gasteiger partial charge in [0.2, 0.25) is 5.91 Å². The van der Waals surface area contributed by atoms with Crippen molar-refractivity contribution in [1.82, 2.24) is 10.9 Å². The van der Waals surface area contributed by atoms with Crippen molar-refractivity contribution in [3.63, 3.8) is 0 Å². The molecule has 0 spiro atoms. The van der Waals surface area contributed by atoms with Crippen LogP contribution in [0.15, 0.2) is 22.8 Å². The molecule has 2 unspecified atom stereocenters. The molecule has 68 valence electrons. The highest BCUT2D eigenvalue weighted by Gasteiger charge is 2.41.